The van der Waals surface area contributed by atoms with Crippen LogP contribution in [0, 0.1) is 0 Å². The Morgan fingerprint density at radius 1 is 0.714 bits per heavy atom. The van der Waals surface area contributed by atoms with E-state index in [1.165, 1.54) is 6.07 Å². The van der Waals surface area contributed by atoms with E-state index >= 15 is 0 Å². The van der Waals surface area contributed by atoms with Crippen molar-refractivity contribution in [3.05, 3.63) is 132 Å². The van der Waals surface area contributed by atoms with Gasteiger partial charge in [0.2, 0.25) is 0 Å². The zero-order chi connectivity index (χ0) is 24.5. The highest BCUT2D eigenvalue weighted by molar-refractivity contribution is 5.60. The summed E-state index contributed by atoms with van der Waals surface area (Å²) in [5.41, 5.74) is 2.40. The normalized spacial score (nSPS) is 13.4. The summed E-state index contributed by atoms with van der Waals surface area (Å²) in [7, 11) is 0. The summed E-state index contributed by atoms with van der Waals surface area (Å²) in [6, 6.07) is 29.5. The third kappa shape index (κ3) is 4.33. The molecule has 0 fully saturated rings. The molecule has 0 aliphatic heterocycles. The van der Waals surface area contributed by atoms with E-state index in [2.05, 4.69) is 4.98 Å². The van der Waals surface area contributed by atoms with Gasteiger partial charge in [0.05, 0.1) is 28.2 Å². The summed E-state index contributed by atoms with van der Waals surface area (Å²) in [6.07, 6.45) is -1.48. The predicted octanol–water partition coefficient (Wildman–Crippen LogP) is 6.70. The fourth-order valence-corrected chi connectivity index (χ4v) is 4.13. The predicted molar refractivity (Wildman–Crippen MR) is 128 cm³/mol. The number of hydrogen-bond acceptors (Lipinski definition) is 3. The van der Waals surface area contributed by atoms with Crippen molar-refractivity contribution in [2.24, 2.45) is 0 Å². The number of hydrogen-bond donors (Lipinski definition) is 0. The Labute approximate surface area is 200 Å². The van der Waals surface area contributed by atoms with Gasteiger partial charge in [0.25, 0.3) is 0 Å². The van der Waals surface area contributed by atoms with Gasteiger partial charge in [0, 0.05) is 18.0 Å². The van der Waals surface area contributed by atoms with E-state index in [9.17, 15) is 13.2 Å². The SMILES string of the molecule is CC(c1ccccc1)(c1cccc(-c2ccnc(C(F)(F)F)c2)n1)c1ccn(-c2ccccc2)n1. The Balaban J connectivity index is 1.64. The number of alkyl halides is 3. The van der Waals surface area contributed by atoms with Gasteiger partial charge < -0.3 is 0 Å². The van der Waals surface area contributed by atoms with E-state index in [0.29, 0.717) is 17.0 Å². The molecule has 0 spiro atoms. The number of para-hydroxylation sites is 1. The van der Waals surface area contributed by atoms with E-state index in [4.69, 9.17) is 10.1 Å². The molecular weight excluding hydrogens is 449 g/mol. The van der Waals surface area contributed by atoms with Crippen molar-refractivity contribution in [1.29, 1.82) is 0 Å². The second kappa shape index (κ2) is 8.83. The second-order valence-electron chi connectivity index (χ2n) is 8.31. The number of aromatic nitrogens is 4. The number of rotatable bonds is 5. The maximum absolute atomic E-state index is 13.2. The lowest BCUT2D eigenvalue weighted by molar-refractivity contribution is -0.141. The number of nitrogens with zero attached hydrogens (tertiary/aromatic N) is 4. The topological polar surface area (TPSA) is 43.6 Å². The zero-order valence-corrected chi connectivity index (χ0v) is 18.8. The van der Waals surface area contributed by atoms with E-state index in [0.717, 1.165) is 29.2 Å². The van der Waals surface area contributed by atoms with Crippen LogP contribution in [0.4, 0.5) is 13.2 Å². The van der Waals surface area contributed by atoms with Crippen molar-refractivity contribution >= 4 is 0 Å². The molecule has 5 rings (SSSR count). The van der Waals surface area contributed by atoms with Crippen LogP contribution in [-0.2, 0) is 11.6 Å². The third-order valence-electron chi connectivity index (χ3n) is 6.08. The lowest BCUT2D eigenvalue weighted by Gasteiger charge is -2.28. The van der Waals surface area contributed by atoms with Crippen LogP contribution in [0.15, 0.2) is 109 Å². The van der Waals surface area contributed by atoms with Crippen molar-refractivity contribution in [1.82, 2.24) is 19.7 Å². The average molecular weight is 470 g/mol. The maximum atomic E-state index is 13.2. The Hall–Kier alpha value is -4.26. The molecule has 0 saturated carbocycles. The van der Waals surface area contributed by atoms with Gasteiger partial charge in [0.1, 0.15) is 5.69 Å². The average Bonchev–Trinajstić information content (AvgIpc) is 3.40. The quantitative estimate of drug-likeness (QED) is 0.287. The summed E-state index contributed by atoms with van der Waals surface area (Å²) in [4.78, 5) is 8.30. The minimum absolute atomic E-state index is 0.347. The lowest BCUT2D eigenvalue weighted by Crippen LogP contribution is -2.27. The van der Waals surface area contributed by atoms with Gasteiger partial charge in [0.15, 0.2) is 0 Å². The molecule has 4 nitrogen and oxygen atoms in total. The van der Waals surface area contributed by atoms with Gasteiger partial charge in [-0.15, -0.1) is 0 Å². The molecule has 7 heteroatoms. The summed E-state index contributed by atoms with van der Waals surface area (Å²) in [6.45, 7) is 2.03. The van der Waals surface area contributed by atoms with Crippen molar-refractivity contribution in [3.63, 3.8) is 0 Å². The molecule has 3 aromatic heterocycles. The van der Waals surface area contributed by atoms with E-state index in [-0.39, 0.29) is 0 Å². The van der Waals surface area contributed by atoms with Gasteiger partial charge in [-0.25, -0.2) is 4.68 Å². The molecule has 174 valence electrons. The van der Waals surface area contributed by atoms with Crippen LogP contribution in [0.2, 0.25) is 0 Å². The summed E-state index contributed by atoms with van der Waals surface area (Å²) < 4.78 is 41.5. The zero-order valence-electron chi connectivity index (χ0n) is 18.8. The first-order valence-corrected chi connectivity index (χ1v) is 11.0. The summed E-state index contributed by atoms with van der Waals surface area (Å²) >= 11 is 0. The van der Waals surface area contributed by atoms with Crippen molar-refractivity contribution < 1.29 is 13.2 Å². The number of benzene rings is 2. The van der Waals surface area contributed by atoms with Crippen LogP contribution in [0.1, 0.15) is 29.6 Å². The molecule has 0 aliphatic rings. The Morgan fingerprint density at radius 2 is 1.43 bits per heavy atom. The van der Waals surface area contributed by atoms with Gasteiger partial charge in [-0.05, 0) is 55.0 Å². The molecule has 3 heterocycles. The van der Waals surface area contributed by atoms with E-state index in [1.54, 1.807) is 16.8 Å². The Morgan fingerprint density at radius 3 is 2.14 bits per heavy atom. The van der Waals surface area contributed by atoms with Crippen LogP contribution >= 0.6 is 0 Å². The van der Waals surface area contributed by atoms with Crippen LogP contribution in [0.3, 0.4) is 0 Å². The molecule has 0 saturated heterocycles. The van der Waals surface area contributed by atoms with Crippen LogP contribution in [0.5, 0.6) is 0 Å². The molecule has 0 radical (unpaired) electrons. The van der Waals surface area contributed by atoms with Crippen LogP contribution in [0.25, 0.3) is 16.9 Å². The van der Waals surface area contributed by atoms with Crippen LogP contribution in [-0.4, -0.2) is 19.7 Å². The highest BCUT2D eigenvalue weighted by Crippen LogP contribution is 2.38. The first kappa shape index (κ1) is 22.5. The first-order valence-electron chi connectivity index (χ1n) is 11.0. The number of halogens is 3. The fourth-order valence-electron chi connectivity index (χ4n) is 4.13. The molecule has 0 bridgehead atoms. The molecule has 1 unspecified atom stereocenters. The highest BCUT2D eigenvalue weighted by Gasteiger charge is 2.36. The fraction of sp³-hybridized carbons (Fsp3) is 0.107. The molecular formula is C28H21F3N4. The van der Waals surface area contributed by atoms with E-state index < -0.39 is 17.3 Å². The standard InChI is InChI=1S/C28H21F3N4/c1-27(21-9-4-2-5-10-21,25-16-18-35(34-25)22-11-6-3-7-12-22)24-14-8-13-23(33-24)20-15-17-32-26(19-20)28(29,30)31/h2-19H,1H3. The molecule has 1 atom stereocenters. The largest absolute Gasteiger partial charge is 0.433 e. The molecule has 0 N–H and O–H groups in total. The second-order valence-corrected chi connectivity index (χ2v) is 8.31. The van der Waals surface area contributed by atoms with Gasteiger partial charge in [-0.2, -0.15) is 18.3 Å². The minimum atomic E-state index is -4.53. The molecule has 35 heavy (non-hydrogen) atoms. The number of pyridine rings is 2. The maximum Gasteiger partial charge on any atom is 0.433 e. The summed E-state index contributed by atoms with van der Waals surface area (Å²) in [5, 5.41) is 4.87. The smallest absolute Gasteiger partial charge is 0.252 e. The molecule has 0 aliphatic carbocycles. The van der Waals surface area contributed by atoms with Gasteiger partial charge in [-0.1, -0.05) is 54.6 Å². The molecule has 2 aromatic carbocycles. The van der Waals surface area contributed by atoms with E-state index in [1.807, 2.05) is 85.9 Å². The Bertz CT molecular complexity index is 1450. The van der Waals surface area contributed by atoms with Crippen molar-refractivity contribution in [2.45, 2.75) is 18.5 Å². The Kier molecular flexibility index (Phi) is 5.68. The lowest BCUT2D eigenvalue weighted by atomic mass is 9.76. The third-order valence-corrected chi connectivity index (χ3v) is 6.08. The summed E-state index contributed by atoms with van der Waals surface area (Å²) in [5.74, 6) is 0. The van der Waals surface area contributed by atoms with Crippen molar-refractivity contribution in [3.8, 4) is 16.9 Å². The van der Waals surface area contributed by atoms with Crippen molar-refractivity contribution in [2.75, 3.05) is 0 Å². The van der Waals surface area contributed by atoms with Gasteiger partial charge in [-0.3, -0.25) is 9.97 Å². The molecule has 0 amide bonds. The van der Waals surface area contributed by atoms with Crippen LogP contribution < -0.4 is 0 Å². The minimum Gasteiger partial charge on any atom is -0.252 e. The monoisotopic (exact) mass is 470 g/mol. The first-order chi connectivity index (χ1) is 16.9. The highest BCUT2D eigenvalue weighted by atomic mass is 19.4. The molecule has 5 aromatic rings. The van der Waals surface area contributed by atoms with Gasteiger partial charge >= 0.3 is 6.18 Å².